The number of carbonyl (C=O) groups is 1. The van der Waals surface area contributed by atoms with E-state index in [-0.39, 0.29) is 5.78 Å². The van der Waals surface area contributed by atoms with Gasteiger partial charge in [0.1, 0.15) is 0 Å². The molecule has 1 aromatic carbocycles. The van der Waals surface area contributed by atoms with Crippen molar-refractivity contribution in [3.8, 4) is 0 Å². The molecule has 0 saturated heterocycles. The maximum absolute atomic E-state index is 11.6. The van der Waals surface area contributed by atoms with Gasteiger partial charge in [0.25, 0.3) is 0 Å². The molecular weight excluding hydrogens is 188 g/mol. The van der Waals surface area contributed by atoms with Gasteiger partial charge in [-0.15, -0.1) is 0 Å². The van der Waals surface area contributed by atoms with Crippen LogP contribution in [0.4, 0.5) is 5.69 Å². The minimum absolute atomic E-state index is 0.0556. The number of hydrogen-bond acceptors (Lipinski definition) is 3. The molecule has 3 nitrogen and oxygen atoms in total. The van der Waals surface area contributed by atoms with E-state index in [1.807, 2.05) is 25.1 Å². The zero-order valence-electron chi connectivity index (χ0n) is 8.53. The van der Waals surface area contributed by atoms with Gasteiger partial charge in [0.15, 0.2) is 5.78 Å². The van der Waals surface area contributed by atoms with Crippen LogP contribution in [-0.2, 0) is 0 Å². The Bertz CT molecular complexity index is 520. The van der Waals surface area contributed by atoms with Crippen molar-refractivity contribution in [2.45, 2.75) is 13.3 Å². The SMILES string of the molecule is CCC(=O)c1ccc2cccnc2c1N. The number of hydrogen-bond donors (Lipinski definition) is 1. The van der Waals surface area contributed by atoms with Crippen LogP contribution in [-0.4, -0.2) is 10.8 Å². The quantitative estimate of drug-likeness (QED) is 0.598. The summed E-state index contributed by atoms with van der Waals surface area (Å²) in [6.07, 6.45) is 2.14. The Morgan fingerprint density at radius 1 is 1.40 bits per heavy atom. The van der Waals surface area contributed by atoms with Crippen LogP contribution >= 0.6 is 0 Å². The molecule has 0 fully saturated rings. The summed E-state index contributed by atoms with van der Waals surface area (Å²) in [5.41, 5.74) is 7.68. The van der Waals surface area contributed by atoms with Crippen molar-refractivity contribution in [2.24, 2.45) is 0 Å². The standard InChI is InChI=1S/C12H12N2O/c1-2-10(15)9-6-5-8-4-3-7-14-12(8)11(9)13/h3-7H,2,13H2,1H3. The first-order chi connectivity index (χ1) is 7.24. The highest BCUT2D eigenvalue weighted by Crippen LogP contribution is 2.23. The lowest BCUT2D eigenvalue weighted by Crippen LogP contribution is -2.03. The molecule has 2 aromatic rings. The largest absolute Gasteiger partial charge is 0.396 e. The highest BCUT2D eigenvalue weighted by atomic mass is 16.1. The number of pyridine rings is 1. The molecule has 1 aromatic heterocycles. The third-order valence-electron chi connectivity index (χ3n) is 2.44. The molecule has 1 heterocycles. The third kappa shape index (κ3) is 1.56. The Balaban J connectivity index is 2.70. The van der Waals surface area contributed by atoms with Gasteiger partial charge < -0.3 is 5.73 Å². The van der Waals surface area contributed by atoms with Crippen molar-refractivity contribution < 1.29 is 4.79 Å². The number of nitrogen functional groups attached to an aromatic ring is 1. The molecule has 3 heteroatoms. The molecule has 15 heavy (non-hydrogen) atoms. The Labute approximate surface area is 87.9 Å². The van der Waals surface area contributed by atoms with E-state index in [0.717, 1.165) is 5.39 Å². The van der Waals surface area contributed by atoms with Gasteiger partial charge in [0.2, 0.25) is 0 Å². The molecule has 0 atom stereocenters. The summed E-state index contributed by atoms with van der Waals surface area (Å²) >= 11 is 0. The fourth-order valence-electron chi connectivity index (χ4n) is 1.60. The van der Waals surface area contributed by atoms with E-state index in [1.54, 1.807) is 12.3 Å². The highest BCUT2D eigenvalue weighted by Gasteiger charge is 2.10. The third-order valence-corrected chi connectivity index (χ3v) is 2.44. The predicted octanol–water partition coefficient (Wildman–Crippen LogP) is 2.41. The zero-order chi connectivity index (χ0) is 10.8. The first-order valence-corrected chi connectivity index (χ1v) is 4.90. The zero-order valence-corrected chi connectivity index (χ0v) is 8.53. The summed E-state index contributed by atoms with van der Waals surface area (Å²) in [5, 5.41) is 0.961. The van der Waals surface area contributed by atoms with Crippen LogP contribution in [0.1, 0.15) is 23.7 Å². The van der Waals surface area contributed by atoms with Gasteiger partial charge in [-0.05, 0) is 12.1 Å². The molecule has 0 radical (unpaired) electrons. The first kappa shape index (κ1) is 9.65. The molecule has 0 aliphatic heterocycles. The average molecular weight is 200 g/mol. The molecule has 0 amide bonds. The lowest BCUT2D eigenvalue weighted by molar-refractivity contribution is 0.0989. The van der Waals surface area contributed by atoms with E-state index in [4.69, 9.17) is 5.73 Å². The molecule has 0 spiro atoms. The van der Waals surface area contributed by atoms with Crippen molar-refractivity contribution in [1.82, 2.24) is 4.98 Å². The van der Waals surface area contributed by atoms with Crippen molar-refractivity contribution >= 4 is 22.4 Å². The van der Waals surface area contributed by atoms with Crippen molar-refractivity contribution in [1.29, 1.82) is 0 Å². The Hall–Kier alpha value is -1.90. The first-order valence-electron chi connectivity index (χ1n) is 4.90. The van der Waals surface area contributed by atoms with E-state index in [1.165, 1.54) is 0 Å². The number of nitrogens with two attached hydrogens (primary N) is 1. The second-order valence-electron chi connectivity index (χ2n) is 3.38. The summed E-state index contributed by atoms with van der Waals surface area (Å²) in [6.45, 7) is 1.82. The second kappa shape index (κ2) is 3.69. The predicted molar refractivity (Wildman–Crippen MR) is 60.8 cm³/mol. The van der Waals surface area contributed by atoms with Crippen LogP contribution in [0.25, 0.3) is 10.9 Å². The van der Waals surface area contributed by atoms with Gasteiger partial charge in [-0.1, -0.05) is 19.1 Å². The fraction of sp³-hybridized carbons (Fsp3) is 0.167. The van der Waals surface area contributed by atoms with Crippen molar-refractivity contribution in [2.75, 3.05) is 5.73 Å². The van der Waals surface area contributed by atoms with Gasteiger partial charge >= 0.3 is 0 Å². The summed E-state index contributed by atoms with van der Waals surface area (Å²) in [6, 6.07) is 7.43. The second-order valence-corrected chi connectivity index (χ2v) is 3.38. The van der Waals surface area contributed by atoms with Gasteiger partial charge in [0, 0.05) is 23.6 Å². The maximum atomic E-state index is 11.6. The van der Waals surface area contributed by atoms with E-state index >= 15 is 0 Å². The minimum Gasteiger partial charge on any atom is -0.396 e. The number of ketones is 1. The van der Waals surface area contributed by atoms with Crippen LogP contribution in [0.15, 0.2) is 30.5 Å². The minimum atomic E-state index is 0.0556. The summed E-state index contributed by atoms with van der Waals surface area (Å²) < 4.78 is 0. The average Bonchev–Trinajstić information content (AvgIpc) is 2.29. The Morgan fingerprint density at radius 3 is 2.93 bits per heavy atom. The molecule has 2 N–H and O–H groups in total. The maximum Gasteiger partial charge on any atom is 0.164 e. The molecule has 0 bridgehead atoms. The lowest BCUT2D eigenvalue weighted by Gasteiger charge is -2.06. The molecule has 0 unspecified atom stereocenters. The number of anilines is 1. The van der Waals surface area contributed by atoms with E-state index in [9.17, 15) is 4.79 Å². The number of aromatic nitrogens is 1. The normalized spacial score (nSPS) is 10.5. The Kier molecular flexibility index (Phi) is 2.37. The number of benzene rings is 1. The van der Waals surface area contributed by atoms with Crippen LogP contribution in [0.2, 0.25) is 0 Å². The lowest BCUT2D eigenvalue weighted by atomic mass is 10.0. The van der Waals surface area contributed by atoms with Crippen molar-refractivity contribution in [3.63, 3.8) is 0 Å². The molecule has 0 aliphatic carbocycles. The van der Waals surface area contributed by atoms with Gasteiger partial charge in [0.05, 0.1) is 11.2 Å². The van der Waals surface area contributed by atoms with Crippen LogP contribution in [0, 0.1) is 0 Å². The number of nitrogens with zero attached hydrogens (tertiary/aromatic N) is 1. The number of rotatable bonds is 2. The number of fused-ring (bicyclic) bond motifs is 1. The van der Waals surface area contributed by atoms with Gasteiger partial charge in [-0.25, -0.2) is 0 Å². The molecule has 0 aliphatic rings. The van der Waals surface area contributed by atoms with Gasteiger partial charge in [-0.2, -0.15) is 0 Å². The molecule has 2 rings (SSSR count). The molecule has 0 saturated carbocycles. The topological polar surface area (TPSA) is 56.0 Å². The van der Waals surface area contributed by atoms with E-state index in [0.29, 0.717) is 23.2 Å². The van der Waals surface area contributed by atoms with Crippen molar-refractivity contribution in [3.05, 3.63) is 36.0 Å². The van der Waals surface area contributed by atoms with E-state index in [2.05, 4.69) is 4.98 Å². The van der Waals surface area contributed by atoms with Crippen LogP contribution in [0.5, 0.6) is 0 Å². The smallest absolute Gasteiger partial charge is 0.164 e. The summed E-state index contributed by atoms with van der Waals surface area (Å²) in [5.74, 6) is 0.0556. The number of Topliss-reactive ketones (excluding diaryl/α,β-unsaturated/α-hetero) is 1. The number of carbonyl (C=O) groups excluding carboxylic acids is 1. The van der Waals surface area contributed by atoms with Gasteiger partial charge in [-0.3, -0.25) is 9.78 Å². The summed E-state index contributed by atoms with van der Waals surface area (Å²) in [4.78, 5) is 15.8. The highest BCUT2D eigenvalue weighted by molar-refractivity contribution is 6.07. The molecular formula is C12H12N2O. The van der Waals surface area contributed by atoms with Crippen LogP contribution in [0.3, 0.4) is 0 Å². The van der Waals surface area contributed by atoms with E-state index < -0.39 is 0 Å². The van der Waals surface area contributed by atoms with Crippen LogP contribution < -0.4 is 5.73 Å². The Morgan fingerprint density at radius 2 is 2.20 bits per heavy atom. The summed E-state index contributed by atoms with van der Waals surface area (Å²) in [7, 11) is 0. The molecule has 76 valence electrons. The fourth-order valence-corrected chi connectivity index (χ4v) is 1.60. The monoisotopic (exact) mass is 200 g/mol.